The van der Waals surface area contributed by atoms with Gasteiger partial charge in [0.1, 0.15) is 29.4 Å². The van der Waals surface area contributed by atoms with E-state index in [-0.39, 0.29) is 5.82 Å². The Bertz CT molecular complexity index is 1770. The summed E-state index contributed by atoms with van der Waals surface area (Å²) in [4.78, 5) is 19.5. The van der Waals surface area contributed by atoms with E-state index < -0.39 is 0 Å². The molecule has 0 saturated carbocycles. The average Bonchev–Trinajstić information content (AvgIpc) is 3.72. The number of pyridine rings is 2. The monoisotopic (exact) mass is 519 g/mol. The van der Waals surface area contributed by atoms with Crippen LogP contribution in [0, 0.1) is 5.82 Å². The van der Waals surface area contributed by atoms with Gasteiger partial charge in [-0.2, -0.15) is 5.10 Å². The van der Waals surface area contributed by atoms with Gasteiger partial charge in [-0.05, 0) is 74.0 Å². The van der Waals surface area contributed by atoms with Crippen LogP contribution in [0.15, 0.2) is 73.1 Å². The molecule has 0 radical (unpaired) electrons. The maximum atomic E-state index is 14.7. The first kappa shape index (κ1) is 23.5. The van der Waals surface area contributed by atoms with Crippen LogP contribution < -0.4 is 4.74 Å². The van der Waals surface area contributed by atoms with Crippen LogP contribution in [-0.4, -0.2) is 61.3 Å². The number of ether oxygens (including phenoxy) is 1. The van der Waals surface area contributed by atoms with Crippen LogP contribution in [0.25, 0.3) is 56.0 Å². The summed E-state index contributed by atoms with van der Waals surface area (Å²) in [7, 11) is 0. The molecule has 5 heterocycles. The minimum atomic E-state index is -0.357. The second-order valence-corrected chi connectivity index (χ2v) is 9.76. The Labute approximate surface area is 223 Å². The predicted octanol–water partition coefficient (Wildman–Crippen LogP) is 5.84. The molecule has 1 saturated heterocycles. The first-order chi connectivity index (χ1) is 19.2. The summed E-state index contributed by atoms with van der Waals surface area (Å²) < 4.78 is 20.6. The van der Waals surface area contributed by atoms with E-state index >= 15 is 0 Å². The summed E-state index contributed by atoms with van der Waals surface area (Å²) in [5.41, 5.74) is 6.11. The fourth-order valence-corrected chi connectivity index (χ4v) is 5.24. The maximum absolute atomic E-state index is 14.7. The van der Waals surface area contributed by atoms with Crippen molar-refractivity contribution < 1.29 is 9.13 Å². The largest absolute Gasteiger partial charge is 0.492 e. The Morgan fingerprint density at radius 1 is 0.923 bits per heavy atom. The fourth-order valence-electron chi connectivity index (χ4n) is 5.24. The molecule has 9 heteroatoms. The Kier molecular flexibility index (Phi) is 5.97. The molecule has 194 valence electrons. The van der Waals surface area contributed by atoms with Crippen LogP contribution in [0.1, 0.15) is 12.8 Å². The highest BCUT2D eigenvalue weighted by atomic mass is 19.1. The number of fused-ring (bicyclic) bond motifs is 2. The van der Waals surface area contributed by atoms with Crippen molar-refractivity contribution in [3.05, 3.63) is 78.9 Å². The van der Waals surface area contributed by atoms with Crippen molar-refractivity contribution in [1.82, 2.24) is 35.0 Å². The Hall–Kier alpha value is -4.63. The van der Waals surface area contributed by atoms with E-state index in [1.807, 2.05) is 42.5 Å². The van der Waals surface area contributed by atoms with Crippen molar-refractivity contribution >= 4 is 22.1 Å². The molecule has 4 aromatic heterocycles. The van der Waals surface area contributed by atoms with Gasteiger partial charge in [0, 0.05) is 41.5 Å². The molecule has 1 fully saturated rings. The normalized spacial score (nSPS) is 14.0. The summed E-state index contributed by atoms with van der Waals surface area (Å²) in [5.74, 6) is 0.725. The van der Waals surface area contributed by atoms with Gasteiger partial charge in [0.25, 0.3) is 0 Å². The van der Waals surface area contributed by atoms with Crippen LogP contribution in [0.4, 0.5) is 4.39 Å². The zero-order valence-corrected chi connectivity index (χ0v) is 21.2. The molecule has 0 amide bonds. The number of rotatable bonds is 7. The fraction of sp³-hybridized carbons (Fsp3) is 0.200. The molecular weight excluding hydrogens is 493 g/mol. The third-order valence-electron chi connectivity index (χ3n) is 7.19. The summed E-state index contributed by atoms with van der Waals surface area (Å²) in [5, 5.41) is 8.55. The maximum Gasteiger partial charge on any atom is 0.160 e. The molecule has 0 unspecified atom stereocenters. The van der Waals surface area contributed by atoms with E-state index in [0.717, 1.165) is 47.4 Å². The molecule has 8 nitrogen and oxygen atoms in total. The number of hydrogen-bond donors (Lipinski definition) is 2. The molecule has 6 aromatic rings. The SMILES string of the molecule is Fc1cc(OCCN2CCCC2)cc(-c2ccnc3[nH]c(-c4n[nH]c5ccc(-c6ccccn6)cc45)nc23)c1. The van der Waals surface area contributed by atoms with E-state index in [9.17, 15) is 4.39 Å². The minimum Gasteiger partial charge on any atom is -0.492 e. The third kappa shape index (κ3) is 4.61. The highest BCUT2D eigenvalue weighted by molar-refractivity contribution is 5.97. The third-order valence-corrected chi connectivity index (χ3v) is 7.19. The van der Waals surface area contributed by atoms with Crippen LogP contribution in [0.2, 0.25) is 0 Å². The molecule has 0 aliphatic carbocycles. The van der Waals surface area contributed by atoms with Crippen molar-refractivity contribution in [1.29, 1.82) is 0 Å². The van der Waals surface area contributed by atoms with Gasteiger partial charge in [-0.1, -0.05) is 12.1 Å². The molecule has 0 bridgehead atoms. The van der Waals surface area contributed by atoms with Crippen molar-refractivity contribution in [3.8, 4) is 39.7 Å². The lowest BCUT2D eigenvalue weighted by molar-refractivity contribution is 0.237. The number of nitrogens with one attached hydrogen (secondary N) is 2. The highest BCUT2D eigenvalue weighted by Gasteiger charge is 2.18. The van der Waals surface area contributed by atoms with Gasteiger partial charge in [-0.25, -0.2) is 14.4 Å². The van der Waals surface area contributed by atoms with Crippen LogP contribution in [0.3, 0.4) is 0 Å². The molecule has 7 rings (SSSR count). The summed E-state index contributed by atoms with van der Waals surface area (Å²) >= 11 is 0. The van der Waals surface area contributed by atoms with Crippen LogP contribution >= 0.6 is 0 Å². The van der Waals surface area contributed by atoms with E-state index in [2.05, 4.69) is 36.1 Å². The van der Waals surface area contributed by atoms with E-state index in [1.54, 1.807) is 12.4 Å². The molecule has 39 heavy (non-hydrogen) atoms. The lowest BCUT2D eigenvalue weighted by Crippen LogP contribution is -2.25. The Morgan fingerprint density at radius 3 is 2.72 bits per heavy atom. The van der Waals surface area contributed by atoms with Crippen LogP contribution in [-0.2, 0) is 0 Å². The first-order valence-electron chi connectivity index (χ1n) is 13.1. The first-order valence-corrected chi connectivity index (χ1v) is 13.1. The minimum absolute atomic E-state index is 0.357. The second-order valence-electron chi connectivity index (χ2n) is 9.76. The molecule has 0 atom stereocenters. The average molecular weight is 520 g/mol. The Morgan fingerprint density at radius 2 is 1.85 bits per heavy atom. The van der Waals surface area contributed by atoms with Crippen molar-refractivity contribution in [2.75, 3.05) is 26.2 Å². The topological polar surface area (TPSA) is 95.6 Å². The number of likely N-dealkylation sites (tertiary alicyclic amines) is 1. The quantitative estimate of drug-likeness (QED) is 0.275. The van der Waals surface area contributed by atoms with Gasteiger partial charge in [-0.3, -0.25) is 15.0 Å². The highest BCUT2D eigenvalue weighted by Crippen LogP contribution is 2.33. The summed E-state index contributed by atoms with van der Waals surface area (Å²) in [6, 6.07) is 18.5. The van der Waals surface area contributed by atoms with Crippen molar-refractivity contribution in [2.45, 2.75) is 12.8 Å². The van der Waals surface area contributed by atoms with E-state index in [4.69, 9.17) is 9.72 Å². The molecule has 1 aliphatic rings. The number of aromatic amines is 2. The number of hydrogen-bond acceptors (Lipinski definition) is 6. The number of imidazole rings is 1. The van der Waals surface area contributed by atoms with E-state index in [1.165, 1.54) is 25.0 Å². The number of halogens is 1. The van der Waals surface area contributed by atoms with Gasteiger partial charge in [0.05, 0.1) is 11.2 Å². The van der Waals surface area contributed by atoms with Gasteiger partial charge < -0.3 is 9.72 Å². The van der Waals surface area contributed by atoms with Gasteiger partial charge in [0.15, 0.2) is 11.5 Å². The molecule has 0 spiro atoms. The number of benzene rings is 2. The lowest BCUT2D eigenvalue weighted by Gasteiger charge is -2.15. The second kappa shape index (κ2) is 9.92. The zero-order chi connectivity index (χ0) is 26.2. The zero-order valence-electron chi connectivity index (χ0n) is 21.2. The number of H-pyrrole nitrogens is 2. The molecular formula is C30H26FN7O. The standard InChI is InChI=1S/C30H26FN7O/c31-21-15-20(16-22(18-21)39-14-13-38-11-3-4-12-38)23-8-10-33-29-27(23)34-30(35-29)28-24-17-19(6-7-26(24)36-37-28)25-5-1-2-9-32-25/h1-2,5-10,15-18H,3-4,11-14H2,(H,36,37)(H,33,34,35). The van der Waals surface area contributed by atoms with Gasteiger partial charge in [0.2, 0.25) is 0 Å². The molecule has 2 aromatic carbocycles. The molecule has 2 N–H and O–H groups in total. The lowest BCUT2D eigenvalue weighted by atomic mass is 10.1. The van der Waals surface area contributed by atoms with E-state index in [0.29, 0.717) is 40.6 Å². The van der Waals surface area contributed by atoms with Gasteiger partial charge in [-0.15, -0.1) is 0 Å². The predicted molar refractivity (Wildman–Crippen MR) is 149 cm³/mol. The number of nitrogens with zero attached hydrogens (tertiary/aromatic N) is 5. The van der Waals surface area contributed by atoms with Crippen molar-refractivity contribution in [2.24, 2.45) is 0 Å². The van der Waals surface area contributed by atoms with Crippen LogP contribution in [0.5, 0.6) is 5.75 Å². The smallest absolute Gasteiger partial charge is 0.160 e. The summed E-state index contributed by atoms with van der Waals surface area (Å²) in [6.07, 6.45) is 5.93. The molecule has 1 aliphatic heterocycles. The van der Waals surface area contributed by atoms with Gasteiger partial charge >= 0.3 is 0 Å². The Balaban J connectivity index is 1.23. The number of aromatic nitrogens is 6. The van der Waals surface area contributed by atoms with Crippen molar-refractivity contribution in [3.63, 3.8) is 0 Å². The summed E-state index contributed by atoms with van der Waals surface area (Å²) in [6.45, 7) is 3.57.